The van der Waals surface area contributed by atoms with Gasteiger partial charge in [-0.15, -0.1) is 24.8 Å². The smallest absolute Gasteiger partial charge is 0.147 e. The van der Waals surface area contributed by atoms with Crippen molar-refractivity contribution in [1.29, 1.82) is 0 Å². The summed E-state index contributed by atoms with van der Waals surface area (Å²) in [6, 6.07) is 30.2. The van der Waals surface area contributed by atoms with E-state index < -0.39 is 20.0 Å². The van der Waals surface area contributed by atoms with Gasteiger partial charge in [0.15, 0.2) is 0 Å². The zero-order chi connectivity index (χ0) is 44.6. The summed E-state index contributed by atoms with van der Waals surface area (Å²) in [5.41, 5.74) is 21.8. The van der Waals surface area contributed by atoms with E-state index in [4.69, 9.17) is 0 Å². The van der Waals surface area contributed by atoms with E-state index in [0.29, 0.717) is 7.35 Å². The Hall–Kier alpha value is -2.19. The predicted octanol–water partition coefficient (Wildman–Crippen LogP) is 19.0. The van der Waals surface area contributed by atoms with Crippen LogP contribution >= 0.6 is 24.8 Å². The molecule has 0 radical (unpaired) electrons. The monoisotopic (exact) mass is 1050 g/mol. The number of fused-ring (bicyclic) bond motifs is 3. The average molecular weight is 1050 g/mol. The van der Waals surface area contributed by atoms with Crippen molar-refractivity contribution in [2.45, 2.75) is 187 Å². The molecule has 1 saturated carbocycles. The number of hydrogen-bond acceptors (Lipinski definition) is 0. The van der Waals surface area contributed by atoms with Gasteiger partial charge in [0.2, 0.25) is 0 Å². The van der Waals surface area contributed by atoms with Gasteiger partial charge in [0.25, 0.3) is 0 Å². The fourth-order valence-electron chi connectivity index (χ4n) is 12.2. The molecular formula is C60H82Cl2Hf. The Morgan fingerprint density at radius 2 is 0.698 bits per heavy atom. The van der Waals surface area contributed by atoms with E-state index >= 15 is 0 Å². The third kappa shape index (κ3) is 8.79. The number of hydrogen-bond donors (Lipinski definition) is 0. The summed E-state index contributed by atoms with van der Waals surface area (Å²) >= 11 is -3.56. The molecule has 340 valence electrons. The Labute approximate surface area is 402 Å². The molecule has 3 heteroatoms. The summed E-state index contributed by atoms with van der Waals surface area (Å²) in [5, 5.41) is 0. The van der Waals surface area contributed by atoms with Crippen molar-refractivity contribution >= 4 is 37.0 Å². The zero-order valence-electron chi connectivity index (χ0n) is 42.5. The van der Waals surface area contributed by atoms with Crippen LogP contribution in [-0.4, -0.2) is 0 Å². The molecule has 0 amide bonds. The molecule has 8 rings (SSSR count). The topological polar surface area (TPSA) is 0 Å². The van der Waals surface area contributed by atoms with Gasteiger partial charge in [-0.3, -0.25) is 0 Å². The maximum atomic E-state index is 2.76. The van der Waals surface area contributed by atoms with Gasteiger partial charge in [-0.05, 0) is 0 Å². The van der Waals surface area contributed by atoms with Crippen molar-refractivity contribution in [3.63, 3.8) is 0 Å². The van der Waals surface area contributed by atoms with Crippen LogP contribution in [0.1, 0.15) is 202 Å². The van der Waals surface area contributed by atoms with Crippen molar-refractivity contribution in [2.75, 3.05) is 0 Å². The normalized spacial score (nSPS) is 23.5. The first kappa shape index (κ1) is 50.2. The van der Waals surface area contributed by atoms with Crippen LogP contribution in [0.5, 0.6) is 0 Å². The zero-order valence-corrected chi connectivity index (χ0v) is 47.8. The summed E-state index contributed by atoms with van der Waals surface area (Å²) in [5.74, 6) is 0. The van der Waals surface area contributed by atoms with Gasteiger partial charge in [0.1, 0.15) is 0 Å². The first-order valence-electron chi connectivity index (χ1n) is 24.1. The summed E-state index contributed by atoms with van der Waals surface area (Å²) < 4.78 is 3.05. The Kier molecular flexibility index (Phi) is 13.2. The average Bonchev–Trinajstić information content (AvgIpc) is 3.40. The molecular weight excluding hydrogens is 970 g/mol. The van der Waals surface area contributed by atoms with Crippen molar-refractivity contribution in [2.24, 2.45) is 10.8 Å². The summed E-state index contributed by atoms with van der Waals surface area (Å²) in [6.07, 6.45) is 11.2. The van der Waals surface area contributed by atoms with Crippen molar-refractivity contribution in [1.82, 2.24) is 0 Å². The van der Waals surface area contributed by atoms with E-state index in [0.717, 1.165) is 7.35 Å². The molecule has 4 aliphatic rings. The second kappa shape index (κ2) is 16.5. The van der Waals surface area contributed by atoms with E-state index in [2.05, 4.69) is 210 Å². The molecule has 4 atom stereocenters. The Balaban J connectivity index is 0.00000330. The van der Waals surface area contributed by atoms with E-state index in [9.17, 15) is 0 Å². The molecule has 1 heterocycles. The second-order valence-electron chi connectivity index (χ2n) is 26.3. The fourth-order valence-corrected chi connectivity index (χ4v) is 49.0. The minimum absolute atomic E-state index is 0. The third-order valence-electron chi connectivity index (χ3n) is 15.7. The van der Waals surface area contributed by atoms with E-state index in [-0.39, 0.29) is 57.3 Å². The van der Waals surface area contributed by atoms with Crippen molar-refractivity contribution < 1.29 is 20.0 Å². The molecule has 0 nitrogen and oxygen atoms in total. The third-order valence-corrected chi connectivity index (χ3v) is 40.2. The predicted molar refractivity (Wildman–Crippen MR) is 279 cm³/mol. The van der Waals surface area contributed by atoms with Crippen LogP contribution in [0.2, 0.25) is 7.35 Å². The molecule has 1 aliphatic heterocycles. The van der Waals surface area contributed by atoms with Gasteiger partial charge in [0.05, 0.1) is 0 Å². The molecule has 0 aromatic heterocycles. The maximum absolute atomic E-state index is 3.56. The Morgan fingerprint density at radius 1 is 0.397 bits per heavy atom. The van der Waals surface area contributed by atoms with Crippen LogP contribution in [0.15, 0.2) is 83.9 Å². The Morgan fingerprint density at radius 3 is 0.968 bits per heavy atom. The number of rotatable bonds is 4. The van der Waals surface area contributed by atoms with Gasteiger partial charge in [-0.1, -0.05) is 0 Å². The van der Waals surface area contributed by atoms with Crippen LogP contribution in [0.3, 0.4) is 0 Å². The molecule has 2 fully saturated rings. The van der Waals surface area contributed by atoms with Gasteiger partial charge < -0.3 is 0 Å². The molecule has 0 bridgehead atoms. The van der Waals surface area contributed by atoms with Gasteiger partial charge >= 0.3 is 380 Å². The molecule has 4 aromatic carbocycles. The minimum Gasteiger partial charge on any atom is -0.147 e. The molecule has 63 heavy (non-hydrogen) atoms. The van der Waals surface area contributed by atoms with Crippen LogP contribution in [0, 0.1) is 10.8 Å². The second-order valence-corrected chi connectivity index (χ2v) is 42.9. The van der Waals surface area contributed by atoms with Gasteiger partial charge in [-0.2, -0.15) is 0 Å². The van der Waals surface area contributed by atoms with Gasteiger partial charge in [0, 0.05) is 0 Å². The maximum Gasteiger partial charge on any atom is -0.147 e. The molecule has 1 saturated heterocycles. The first-order valence-corrected chi connectivity index (χ1v) is 32.4. The standard InChI is InChI=1S/2C27H35.C6H10.2ClH.Hf/c2*1-25(2,3)20-14-19(15-21(16-20)26(4,5)6)23-12-10-11-18-13-22(17-24(18)23)27(7,8)9;1-2-4-6-5-3-1;;;/h2*10-17H,1-9H3;1-2H,3-6H2;2*1H;. The number of halogens is 2. The van der Waals surface area contributed by atoms with Crippen molar-refractivity contribution in [3.8, 4) is 22.3 Å². The van der Waals surface area contributed by atoms with Crippen LogP contribution in [-0.2, 0) is 41.6 Å². The van der Waals surface area contributed by atoms with E-state index in [1.54, 1.807) is 22.3 Å². The number of allylic oxidation sites excluding steroid dienone is 2. The SMILES string of the molecule is CC(C)(C)C1=Cc2c(-c3cc(C(C)(C)C)cc(C(C)(C)C)c3)cccc2[CH]1[Hf]1([CH]2C(C(C)(C)C)=Cc3c(-c4cc(C(C)(C)C)cc(C(C)(C)C)c4)cccc32)[CH]2CCCC[CH]21.Cl.Cl. The summed E-state index contributed by atoms with van der Waals surface area (Å²) in [4.78, 5) is 0. The first-order chi connectivity index (χ1) is 28.0. The molecule has 4 unspecified atom stereocenters. The summed E-state index contributed by atoms with van der Waals surface area (Å²) in [6.45, 7) is 43.8. The van der Waals surface area contributed by atoms with E-state index in [1.807, 2.05) is 0 Å². The van der Waals surface area contributed by atoms with Crippen LogP contribution < -0.4 is 0 Å². The molecule has 0 N–H and O–H groups in total. The van der Waals surface area contributed by atoms with Gasteiger partial charge in [-0.25, -0.2) is 0 Å². The molecule has 0 spiro atoms. The number of benzene rings is 4. The molecule has 3 aliphatic carbocycles. The minimum atomic E-state index is -3.56. The summed E-state index contributed by atoms with van der Waals surface area (Å²) in [7, 11) is 0. The fraction of sp³-hybridized carbons (Fsp3) is 0.533. The molecule has 4 aromatic rings. The Bertz CT molecular complexity index is 2210. The van der Waals surface area contributed by atoms with E-state index in [1.165, 1.54) is 81.3 Å². The van der Waals surface area contributed by atoms with Crippen molar-refractivity contribution in [3.05, 3.63) is 128 Å². The quantitative estimate of drug-likeness (QED) is 0.179. The van der Waals surface area contributed by atoms with Crippen LogP contribution in [0.4, 0.5) is 0 Å². The largest absolute Gasteiger partial charge is 0.147 e. The van der Waals surface area contributed by atoms with Crippen LogP contribution in [0.25, 0.3) is 34.4 Å².